The molecular formula is C24H20N2O5. The van der Waals surface area contributed by atoms with Crippen molar-refractivity contribution in [1.82, 2.24) is 0 Å². The predicted octanol–water partition coefficient (Wildman–Crippen LogP) is 4.33. The standard InChI is InChI=1S/C24H20N2O5/c1-30-19-12-17-18(13-20(19)31-2)26-23(27)21(17)22(14-6-4-3-5-7-14)25-16-10-8-15(9-11-16)24(28)29/h3-13,25H,1-2H3,(H,26,27)(H,28,29). The molecule has 3 N–H and O–H groups in total. The molecule has 7 nitrogen and oxygen atoms in total. The number of hydrogen-bond acceptors (Lipinski definition) is 5. The maximum Gasteiger partial charge on any atom is 0.335 e. The van der Waals surface area contributed by atoms with E-state index >= 15 is 0 Å². The van der Waals surface area contributed by atoms with Gasteiger partial charge in [-0.3, -0.25) is 4.79 Å². The van der Waals surface area contributed by atoms with Crippen molar-refractivity contribution < 1.29 is 24.2 Å². The first kappa shape index (κ1) is 20.0. The molecule has 4 rings (SSSR count). The lowest BCUT2D eigenvalue weighted by Gasteiger charge is -2.15. The third-order valence-corrected chi connectivity index (χ3v) is 4.98. The molecule has 1 aliphatic heterocycles. The Kier molecular flexibility index (Phi) is 5.32. The lowest BCUT2D eigenvalue weighted by Crippen LogP contribution is -2.10. The van der Waals surface area contributed by atoms with Gasteiger partial charge in [-0.25, -0.2) is 4.79 Å². The molecule has 0 radical (unpaired) electrons. The van der Waals surface area contributed by atoms with Gasteiger partial charge in [-0.1, -0.05) is 30.3 Å². The maximum absolute atomic E-state index is 13.0. The van der Waals surface area contributed by atoms with Gasteiger partial charge in [0.1, 0.15) is 0 Å². The van der Waals surface area contributed by atoms with Gasteiger partial charge >= 0.3 is 5.97 Å². The smallest absolute Gasteiger partial charge is 0.335 e. The molecule has 0 bridgehead atoms. The van der Waals surface area contributed by atoms with E-state index in [4.69, 9.17) is 14.6 Å². The number of amides is 1. The van der Waals surface area contributed by atoms with Gasteiger partial charge < -0.3 is 25.2 Å². The summed E-state index contributed by atoms with van der Waals surface area (Å²) < 4.78 is 10.8. The molecule has 7 heteroatoms. The van der Waals surface area contributed by atoms with Crippen LogP contribution in [0.4, 0.5) is 11.4 Å². The Morgan fingerprint density at radius 2 is 1.55 bits per heavy atom. The van der Waals surface area contributed by atoms with E-state index in [-0.39, 0.29) is 11.5 Å². The Balaban J connectivity index is 1.88. The number of anilines is 2. The average molecular weight is 416 g/mol. The molecule has 0 saturated heterocycles. The zero-order valence-electron chi connectivity index (χ0n) is 16.9. The monoisotopic (exact) mass is 416 g/mol. The van der Waals surface area contributed by atoms with E-state index in [0.29, 0.717) is 39.7 Å². The maximum atomic E-state index is 13.0. The van der Waals surface area contributed by atoms with Crippen LogP contribution < -0.4 is 20.1 Å². The lowest BCUT2D eigenvalue weighted by atomic mass is 9.99. The topological polar surface area (TPSA) is 96.9 Å². The summed E-state index contributed by atoms with van der Waals surface area (Å²) in [6, 6.07) is 19.3. The quantitative estimate of drug-likeness (QED) is 0.518. The van der Waals surface area contributed by atoms with Crippen molar-refractivity contribution in [3.8, 4) is 11.5 Å². The second-order valence-electron chi connectivity index (χ2n) is 6.83. The minimum atomic E-state index is -1.00. The molecule has 0 saturated carbocycles. The summed E-state index contributed by atoms with van der Waals surface area (Å²) in [7, 11) is 3.08. The number of methoxy groups -OCH3 is 2. The summed E-state index contributed by atoms with van der Waals surface area (Å²) >= 11 is 0. The number of ether oxygens (including phenoxy) is 2. The van der Waals surface area contributed by atoms with Crippen LogP contribution >= 0.6 is 0 Å². The lowest BCUT2D eigenvalue weighted by molar-refractivity contribution is -0.110. The highest BCUT2D eigenvalue weighted by atomic mass is 16.5. The van der Waals surface area contributed by atoms with Crippen LogP contribution in [0.25, 0.3) is 11.3 Å². The average Bonchev–Trinajstić information content (AvgIpc) is 3.11. The highest BCUT2D eigenvalue weighted by Crippen LogP contribution is 2.43. The van der Waals surface area contributed by atoms with Crippen molar-refractivity contribution in [3.63, 3.8) is 0 Å². The van der Waals surface area contributed by atoms with Gasteiger partial charge in [-0.05, 0) is 35.9 Å². The number of hydrogen-bond donors (Lipinski definition) is 3. The molecule has 0 aliphatic carbocycles. The Morgan fingerprint density at radius 3 is 2.16 bits per heavy atom. The normalized spacial score (nSPS) is 13.8. The number of benzene rings is 3. The Hall–Kier alpha value is -4.26. The van der Waals surface area contributed by atoms with Gasteiger partial charge in [0.2, 0.25) is 0 Å². The van der Waals surface area contributed by atoms with Gasteiger partial charge in [0.15, 0.2) is 11.5 Å². The molecule has 3 aromatic rings. The SMILES string of the molecule is COc1cc2c(cc1OC)C(=C(Nc1ccc(C(=O)O)cc1)c1ccccc1)C(=O)N2. The highest BCUT2D eigenvalue weighted by Gasteiger charge is 2.30. The number of carboxylic acid groups (broad SMARTS) is 1. The molecule has 0 fully saturated rings. The zero-order chi connectivity index (χ0) is 22.0. The van der Waals surface area contributed by atoms with Crippen LogP contribution in [0.3, 0.4) is 0 Å². The van der Waals surface area contributed by atoms with Gasteiger partial charge in [-0.2, -0.15) is 0 Å². The highest BCUT2D eigenvalue weighted by molar-refractivity contribution is 6.37. The Bertz CT molecular complexity index is 1180. The largest absolute Gasteiger partial charge is 0.493 e. The van der Waals surface area contributed by atoms with Crippen LogP contribution in [0, 0.1) is 0 Å². The van der Waals surface area contributed by atoms with Crippen LogP contribution in [0.2, 0.25) is 0 Å². The second kappa shape index (κ2) is 8.23. The van der Waals surface area contributed by atoms with Crippen LogP contribution in [-0.4, -0.2) is 31.2 Å². The van der Waals surface area contributed by atoms with E-state index in [9.17, 15) is 9.59 Å². The fourth-order valence-electron chi connectivity index (χ4n) is 3.47. The molecule has 156 valence electrons. The first-order valence-electron chi connectivity index (χ1n) is 9.49. The fourth-order valence-corrected chi connectivity index (χ4v) is 3.47. The van der Waals surface area contributed by atoms with E-state index in [1.54, 1.807) is 24.3 Å². The van der Waals surface area contributed by atoms with Crippen LogP contribution in [0.15, 0.2) is 66.7 Å². The van der Waals surface area contributed by atoms with Crippen molar-refractivity contribution in [2.75, 3.05) is 24.9 Å². The van der Waals surface area contributed by atoms with E-state index in [1.165, 1.54) is 26.4 Å². The molecule has 1 heterocycles. The van der Waals surface area contributed by atoms with Crippen LogP contribution in [0.5, 0.6) is 11.5 Å². The van der Waals surface area contributed by atoms with Gasteiger partial charge in [0.05, 0.1) is 36.7 Å². The van der Waals surface area contributed by atoms with E-state index in [2.05, 4.69) is 10.6 Å². The van der Waals surface area contributed by atoms with Crippen molar-refractivity contribution >= 4 is 34.5 Å². The van der Waals surface area contributed by atoms with E-state index in [0.717, 1.165) is 5.56 Å². The molecule has 31 heavy (non-hydrogen) atoms. The Morgan fingerprint density at radius 1 is 0.903 bits per heavy atom. The Labute approximate surface area is 178 Å². The molecule has 1 amide bonds. The first-order chi connectivity index (χ1) is 15.0. The third kappa shape index (κ3) is 3.81. The summed E-state index contributed by atoms with van der Waals surface area (Å²) in [5, 5.41) is 15.3. The number of aromatic carboxylic acids is 1. The van der Waals surface area contributed by atoms with Gasteiger partial charge in [-0.15, -0.1) is 0 Å². The number of rotatable bonds is 6. The van der Waals surface area contributed by atoms with E-state index in [1.807, 2.05) is 30.3 Å². The molecule has 0 spiro atoms. The number of nitrogens with one attached hydrogen (secondary N) is 2. The van der Waals surface area contributed by atoms with Crippen LogP contribution in [0.1, 0.15) is 21.5 Å². The summed E-state index contributed by atoms with van der Waals surface area (Å²) in [4.78, 5) is 24.2. The minimum Gasteiger partial charge on any atom is -0.493 e. The molecule has 0 aromatic heterocycles. The second-order valence-corrected chi connectivity index (χ2v) is 6.83. The molecule has 3 aromatic carbocycles. The minimum absolute atomic E-state index is 0.181. The summed E-state index contributed by atoms with van der Waals surface area (Å²) in [6.45, 7) is 0. The number of carbonyl (C=O) groups excluding carboxylic acids is 1. The summed E-state index contributed by atoms with van der Waals surface area (Å²) in [6.07, 6.45) is 0. The van der Waals surface area contributed by atoms with Gasteiger partial charge in [0, 0.05) is 17.3 Å². The summed E-state index contributed by atoms with van der Waals surface area (Å²) in [5.74, 6) is -0.244. The number of carboxylic acids is 1. The third-order valence-electron chi connectivity index (χ3n) is 4.98. The van der Waals surface area contributed by atoms with E-state index < -0.39 is 5.97 Å². The molecule has 0 atom stereocenters. The van der Waals surface area contributed by atoms with Crippen molar-refractivity contribution in [3.05, 3.63) is 83.4 Å². The molecular weight excluding hydrogens is 396 g/mol. The van der Waals surface area contributed by atoms with Crippen LogP contribution in [-0.2, 0) is 4.79 Å². The number of fused-ring (bicyclic) bond motifs is 1. The number of carbonyl (C=O) groups is 2. The summed E-state index contributed by atoms with van der Waals surface area (Å²) in [5.41, 5.74) is 3.97. The van der Waals surface area contributed by atoms with Crippen molar-refractivity contribution in [2.24, 2.45) is 0 Å². The fraction of sp³-hybridized carbons (Fsp3) is 0.0833. The van der Waals surface area contributed by atoms with Crippen molar-refractivity contribution in [2.45, 2.75) is 0 Å². The predicted molar refractivity (Wildman–Crippen MR) is 118 cm³/mol. The van der Waals surface area contributed by atoms with Crippen molar-refractivity contribution in [1.29, 1.82) is 0 Å². The zero-order valence-corrected chi connectivity index (χ0v) is 16.9. The first-order valence-corrected chi connectivity index (χ1v) is 9.49. The van der Waals surface area contributed by atoms with Gasteiger partial charge in [0.25, 0.3) is 5.91 Å². The molecule has 1 aliphatic rings. The molecule has 0 unspecified atom stereocenters.